The number of rotatable bonds is 10. The van der Waals surface area contributed by atoms with Crippen molar-refractivity contribution in [2.24, 2.45) is 5.41 Å². The molecule has 1 saturated carbocycles. The van der Waals surface area contributed by atoms with Crippen LogP contribution in [-0.2, 0) is 24.3 Å². The van der Waals surface area contributed by atoms with Crippen LogP contribution in [0.25, 0.3) is 22.3 Å². The molecule has 6 rings (SSSR count). The number of hydrogen-bond acceptors (Lipinski definition) is 8. The molecule has 1 aliphatic carbocycles. The van der Waals surface area contributed by atoms with Crippen molar-refractivity contribution in [2.75, 3.05) is 7.11 Å². The molecule has 0 N–H and O–H groups in total. The van der Waals surface area contributed by atoms with Gasteiger partial charge in [0.15, 0.2) is 0 Å². The molecule has 2 heterocycles. The Hall–Kier alpha value is -5.68. The van der Waals surface area contributed by atoms with Gasteiger partial charge < -0.3 is 14.0 Å². The van der Waals surface area contributed by atoms with E-state index in [2.05, 4.69) is 16.0 Å². The zero-order chi connectivity index (χ0) is 31.6. The SMILES string of the molecule is COC(=O)c1ccc2nc(Cc3ccc(-c4ccnc(OCc5ccc(C#N)cc5F)n4)c(F)c3)n(CC3(CC#N)CC3)c2c1. The number of aromatic nitrogens is 4. The Bertz CT molecular complexity index is 2020. The molecule has 9 nitrogen and oxygen atoms in total. The Labute approximate surface area is 257 Å². The van der Waals surface area contributed by atoms with E-state index in [1.54, 1.807) is 36.4 Å². The van der Waals surface area contributed by atoms with E-state index in [0.29, 0.717) is 47.5 Å². The molecule has 11 heteroatoms. The van der Waals surface area contributed by atoms with Gasteiger partial charge in [-0.2, -0.15) is 15.5 Å². The van der Waals surface area contributed by atoms with E-state index in [4.69, 9.17) is 19.7 Å². The number of nitrogens with zero attached hydrogens (tertiary/aromatic N) is 6. The van der Waals surface area contributed by atoms with E-state index in [1.807, 2.05) is 10.6 Å². The number of imidazole rings is 1. The first-order valence-corrected chi connectivity index (χ1v) is 14.2. The van der Waals surface area contributed by atoms with E-state index < -0.39 is 17.6 Å². The van der Waals surface area contributed by atoms with Crippen molar-refractivity contribution in [3.63, 3.8) is 0 Å². The monoisotopic (exact) mass is 604 g/mol. The first kappa shape index (κ1) is 29.4. The fraction of sp³-hybridized carbons (Fsp3) is 0.235. The lowest BCUT2D eigenvalue weighted by Gasteiger charge is -2.16. The number of halogens is 2. The van der Waals surface area contributed by atoms with Crippen LogP contribution in [0.5, 0.6) is 6.01 Å². The van der Waals surface area contributed by atoms with Gasteiger partial charge in [-0.1, -0.05) is 12.1 Å². The number of hydrogen-bond donors (Lipinski definition) is 0. The Kier molecular flexibility index (Phi) is 7.93. The number of carbonyl (C=O) groups is 1. The molecule has 0 unspecified atom stereocenters. The third kappa shape index (κ3) is 6.20. The van der Waals surface area contributed by atoms with Crippen molar-refractivity contribution >= 4 is 17.0 Å². The Morgan fingerprint density at radius 3 is 2.58 bits per heavy atom. The summed E-state index contributed by atoms with van der Waals surface area (Å²) in [4.78, 5) is 25.4. The molecular formula is C34H26F2N6O3. The Balaban J connectivity index is 1.25. The van der Waals surface area contributed by atoms with Crippen LogP contribution in [0.4, 0.5) is 8.78 Å². The van der Waals surface area contributed by atoms with E-state index in [-0.39, 0.29) is 34.7 Å². The molecule has 1 aliphatic rings. The molecule has 1 fully saturated rings. The third-order valence-electron chi connectivity index (χ3n) is 8.00. The van der Waals surface area contributed by atoms with Crippen LogP contribution in [0.3, 0.4) is 0 Å². The van der Waals surface area contributed by atoms with Gasteiger partial charge in [0.25, 0.3) is 0 Å². The van der Waals surface area contributed by atoms with Crippen molar-refractivity contribution in [2.45, 2.75) is 38.8 Å². The minimum atomic E-state index is -0.582. The standard InChI is InChI=1S/C34H26F2N6O3/c1-44-32(43)23-5-7-29-30(17-23)42(20-34(9-10-34)11-12-37)31(40-29)16-21-3-6-25(27(36)14-21)28-8-13-39-33(41-28)45-19-24-4-2-22(18-38)15-26(24)35/h2-8,13-15,17H,9-11,16,19-20H2,1H3. The van der Waals surface area contributed by atoms with Crippen molar-refractivity contribution in [1.29, 1.82) is 10.5 Å². The molecule has 0 aliphatic heterocycles. The van der Waals surface area contributed by atoms with Gasteiger partial charge >= 0.3 is 12.0 Å². The van der Waals surface area contributed by atoms with Gasteiger partial charge in [-0.05, 0) is 66.9 Å². The number of esters is 1. The number of fused-ring (bicyclic) bond motifs is 1. The Morgan fingerprint density at radius 1 is 1.02 bits per heavy atom. The topological polar surface area (TPSA) is 127 Å². The van der Waals surface area contributed by atoms with Gasteiger partial charge in [-0.25, -0.2) is 23.5 Å². The maximum atomic E-state index is 15.5. The van der Waals surface area contributed by atoms with Crippen LogP contribution >= 0.6 is 0 Å². The second-order valence-electron chi connectivity index (χ2n) is 11.1. The minimum Gasteiger partial charge on any atom is -0.465 e. The lowest BCUT2D eigenvalue weighted by Crippen LogP contribution is -2.14. The van der Waals surface area contributed by atoms with Gasteiger partial charge in [-0.15, -0.1) is 0 Å². The average Bonchev–Trinajstić information content (AvgIpc) is 3.73. The van der Waals surface area contributed by atoms with Gasteiger partial charge in [0.1, 0.15) is 24.1 Å². The molecule has 224 valence electrons. The highest BCUT2D eigenvalue weighted by Gasteiger charge is 2.43. The summed E-state index contributed by atoms with van der Waals surface area (Å²) in [7, 11) is 1.33. The summed E-state index contributed by atoms with van der Waals surface area (Å²) in [5.41, 5.74) is 3.32. The zero-order valence-electron chi connectivity index (χ0n) is 24.3. The molecule has 3 aromatic carbocycles. The highest BCUT2D eigenvalue weighted by molar-refractivity contribution is 5.93. The number of nitriles is 2. The van der Waals surface area contributed by atoms with Gasteiger partial charge in [-0.3, -0.25) is 0 Å². The quantitative estimate of drug-likeness (QED) is 0.170. The lowest BCUT2D eigenvalue weighted by molar-refractivity contribution is 0.0601. The summed E-state index contributed by atoms with van der Waals surface area (Å²) in [6.07, 6.45) is 4.01. The summed E-state index contributed by atoms with van der Waals surface area (Å²) < 4.78 is 42.2. The molecule has 0 atom stereocenters. The van der Waals surface area contributed by atoms with Crippen LogP contribution in [0.1, 0.15) is 52.1 Å². The predicted molar refractivity (Wildman–Crippen MR) is 159 cm³/mol. The molecule has 45 heavy (non-hydrogen) atoms. The largest absolute Gasteiger partial charge is 0.465 e. The normalized spacial score (nSPS) is 13.2. The molecular weight excluding hydrogens is 578 g/mol. The van der Waals surface area contributed by atoms with Crippen LogP contribution in [0.2, 0.25) is 0 Å². The predicted octanol–water partition coefficient (Wildman–Crippen LogP) is 6.29. The zero-order valence-corrected chi connectivity index (χ0v) is 24.3. The van der Waals surface area contributed by atoms with E-state index in [1.165, 1.54) is 31.5 Å². The van der Waals surface area contributed by atoms with E-state index >= 15 is 4.39 Å². The molecule has 0 amide bonds. The summed E-state index contributed by atoms with van der Waals surface area (Å²) in [5.74, 6) is -0.853. The van der Waals surface area contributed by atoms with Crippen molar-refractivity contribution in [3.05, 3.63) is 107 Å². The average molecular weight is 605 g/mol. The molecule has 0 saturated heterocycles. The van der Waals surface area contributed by atoms with Crippen molar-refractivity contribution in [3.8, 4) is 29.4 Å². The fourth-order valence-corrected chi connectivity index (χ4v) is 5.29. The number of carbonyl (C=O) groups excluding carboxylic acids is 1. The van der Waals surface area contributed by atoms with Crippen LogP contribution in [0, 0.1) is 39.7 Å². The molecule has 0 radical (unpaired) electrons. The van der Waals surface area contributed by atoms with Crippen LogP contribution in [0.15, 0.2) is 66.9 Å². The summed E-state index contributed by atoms with van der Waals surface area (Å²) in [6, 6.07) is 19.7. The number of benzene rings is 3. The maximum Gasteiger partial charge on any atom is 0.337 e. The van der Waals surface area contributed by atoms with Crippen LogP contribution < -0.4 is 4.74 Å². The summed E-state index contributed by atoms with van der Waals surface area (Å²) >= 11 is 0. The molecule has 0 bridgehead atoms. The summed E-state index contributed by atoms with van der Waals surface area (Å²) in [6.45, 7) is 0.397. The van der Waals surface area contributed by atoms with Gasteiger partial charge in [0.05, 0.1) is 47.1 Å². The first-order valence-electron chi connectivity index (χ1n) is 14.2. The fourth-order valence-electron chi connectivity index (χ4n) is 5.29. The number of ether oxygens (including phenoxy) is 2. The highest BCUT2D eigenvalue weighted by Crippen LogP contribution is 2.50. The number of methoxy groups -OCH3 is 1. The van der Waals surface area contributed by atoms with Crippen LogP contribution in [-0.4, -0.2) is 32.6 Å². The van der Waals surface area contributed by atoms with E-state index in [9.17, 15) is 14.4 Å². The minimum absolute atomic E-state index is 0.0499. The second-order valence-corrected chi connectivity index (χ2v) is 11.1. The van der Waals surface area contributed by atoms with Crippen molar-refractivity contribution < 1.29 is 23.0 Å². The lowest BCUT2D eigenvalue weighted by atomic mass is 10.0. The highest BCUT2D eigenvalue weighted by atomic mass is 19.1. The third-order valence-corrected chi connectivity index (χ3v) is 8.00. The first-order chi connectivity index (χ1) is 21.8. The van der Waals surface area contributed by atoms with Gasteiger partial charge in [0, 0.05) is 42.1 Å². The van der Waals surface area contributed by atoms with Gasteiger partial charge in [0.2, 0.25) is 0 Å². The molecule has 0 spiro atoms. The molecule has 5 aromatic rings. The Morgan fingerprint density at radius 2 is 1.87 bits per heavy atom. The van der Waals surface area contributed by atoms with Crippen molar-refractivity contribution in [1.82, 2.24) is 19.5 Å². The van der Waals surface area contributed by atoms with E-state index in [0.717, 1.165) is 24.4 Å². The second kappa shape index (κ2) is 12.1. The maximum absolute atomic E-state index is 15.5. The smallest absolute Gasteiger partial charge is 0.337 e. The summed E-state index contributed by atoms with van der Waals surface area (Å²) in [5, 5.41) is 18.3. The molecule has 2 aromatic heterocycles.